The summed E-state index contributed by atoms with van der Waals surface area (Å²) in [5, 5.41) is 17.3. The van der Waals surface area contributed by atoms with E-state index < -0.39 is 0 Å². The van der Waals surface area contributed by atoms with Crippen LogP contribution >= 0.6 is 0 Å². The van der Waals surface area contributed by atoms with Crippen LogP contribution in [0.5, 0.6) is 0 Å². The van der Waals surface area contributed by atoms with Gasteiger partial charge >= 0.3 is 0 Å². The lowest BCUT2D eigenvalue weighted by molar-refractivity contribution is 0.196. The molecule has 0 fully saturated rings. The van der Waals surface area contributed by atoms with E-state index in [4.69, 9.17) is 15.3 Å². The number of ether oxygens (including phenoxy) is 1. The lowest BCUT2D eigenvalue weighted by Gasteiger charge is -2.30. The number of allylic oxidation sites excluding steroid dienone is 2. The second kappa shape index (κ2) is 2.25. The molecule has 0 amide bonds. The predicted molar refractivity (Wildman–Crippen MR) is 40.3 cm³/mol. The third kappa shape index (κ3) is 0.627. The zero-order valence-corrected chi connectivity index (χ0v) is 6.11. The van der Waals surface area contributed by atoms with Gasteiger partial charge in [-0.1, -0.05) is 6.08 Å². The SMILES string of the molecule is N#CC1=C(C#N)C2OC=CC=C12. The molecule has 1 heterocycles. The van der Waals surface area contributed by atoms with Gasteiger partial charge in [-0.3, -0.25) is 0 Å². The third-order valence-corrected chi connectivity index (χ3v) is 1.90. The van der Waals surface area contributed by atoms with Crippen LogP contribution in [0.3, 0.4) is 0 Å². The van der Waals surface area contributed by atoms with E-state index in [9.17, 15) is 0 Å². The molecule has 0 radical (unpaired) electrons. The minimum atomic E-state index is -0.283. The first-order valence-corrected chi connectivity index (χ1v) is 3.45. The highest BCUT2D eigenvalue weighted by molar-refractivity contribution is 5.67. The normalized spacial score (nSPS) is 24.2. The second-order valence-electron chi connectivity index (χ2n) is 2.48. The first-order chi connectivity index (χ1) is 5.88. The first kappa shape index (κ1) is 6.69. The molecular weight excluding hydrogens is 152 g/mol. The van der Waals surface area contributed by atoms with Crippen molar-refractivity contribution in [1.29, 1.82) is 10.5 Å². The largest absolute Gasteiger partial charge is 0.488 e. The molecular formula is C9H4N2O. The van der Waals surface area contributed by atoms with Gasteiger partial charge in [0.2, 0.25) is 0 Å². The van der Waals surface area contributed by atoms with Crippen molar-refractivity contribution < 1.29 is 4.74 Å². The molecule has 0 aromatic heterocycles. The van der Waals surface area contributed by atoms with Gasteiger partial charge in [0.1, 0.15) is 12.1 Å². The molecule has 0 N–H and O–H groups in total. The maximum Gasteiger partial charge on any atom is 0.160 e. The number of nitriles is 2. The summed E-state index contributed by atoms with van der Waals surface area (Å²) in [5.74, 6) is 0. The minimum Gasteiger partial charge on any atom is -0.488 e. The highest BCUT2D eigenvalue weighted by Gasteiger charge is 2.37. The molecule has 3 nitrogen and oxygen atoms in total. The van der Waals surface area contributed by atoms with Gasteiger partial charge in [-0.2, -0.15) is 10.5 Å². The zero-order valence-electron chi connectivity index (χ0n) is 6.11. The maximum absolute atomic E-state index is 8.65. The average molecular weight is 156 g/mol. The van der Waals surface area contributed by atoms with E-state index in [2.05, 4.69) is 0 Å². The van der Waals surface area contributed by atoms with Gasteiger partial charge in [-0.25, -0.2) is 0 Å². The van der Waals surface area contributed by atoms with Gasteiger partial charge in [0.05, 0.1) is 17.4 Å². The van der Waals surface area contributed by atoms with Crippen molar-refractivity contribution in [3.05, 3.63) is 35.1 Å². The van der Waals surface area contributed by atoms with E-state index in [0.717, 1.165) is 5.57 Å². The monoisotopic (exact) mass is 156 g/mol. The van der Waals surface area contributed by atoms with Crippen LogP contribution < -0.4 is 0 Å². The Morgan fingerprint density at radius 2 is 2.17 bits per heavy atom. The summed E-state index contributed by atoms with van der Waals surface area (Å²) < 4.78 is 5.13. The van der Waals surface area contributed by atoms with Crippen LogP contribution in [0.15, 0.2) is 35.1 Å². The van der Waals surface area contributed by atoms with Gasteiger partial charge in [0.25, 0.3) is 0 Å². The summed E-state index contributed by atoms with van der Waals surface area (Å²) in [6.45, 7) is 0. The molecule has 0 aromatic carbocycles. The molecule has 0 spiro atoms. The summed E-state index contributed by atoms with van der Waals surface area (Å²) in [7, 11) is 0. The summed E-state index contributed by atoms with van der Waals surface area (Å²) in [4.78, 5) is 0. The number of fused-ring (bicyclic) bond motifs is 1. The molecule has 1 aliphatic carbocycles. The van der Waals surface area contributed by atoms with Gasteiger partial charge in [-0.05, 0) is 6.08 Å². The van der Waals surface area contributed by atoms with Crippen LogP contribution in [0, 0.1) is 22.7 Å². The molecule has 1 atom stereocenters. The molecule has 3 heteroatoms. The molecule has 2 aliphatic rings. The number of hydrogen-bond acceptors (Lipinski definition) is 3. The maximum atomic E-state index is 8.65. The lowest BCUT2D eigenvalue weighted by atomic mass is 9.80. The Morgan fingerprint density at radius 3 is 2.83 bits per heavy atom. The van der Waals surface area contributed by atoms with Crippen LogP contribution in [0.4, 0.5) is 0 Å². The average Bonchev–Trinajstić information content (AvgIpc) is 2.08. The topological polar surface area (TPSA) is 56.8 Å². The van der Waals surface area contributed by atoms with Crippen molar-refractivity contribution in [2.75, 3.05) is 0 Å². The van der Waals surface area contributed by atoms with Crippen LogP contribution in [0.25, 0.3) is 0 Å². The van der Waals surface area contributed by atoms with E-state index in [1.807, 2.05) is 12.1 Å². The van der Waals surface area contributed by atoms with Crippen molar-refractivity contribution in [2.45, 2.75) is 6.10 Å². The smallest absolute Gasteiger partial charge is 0.160 e. The summed E-state index contributed by atoms with van der Waals surface area (Å²) in [6.07, 6.45) is 4.76. The Morgan fingerprint density at radius 1 is 1.33 bits per heavy atom. The van der Waals surface area contributed by atoms with E-state index >= 15 is 0 Å². The Hall–Kier alpha value is -2.00. The van der Waals surface area contributed by atoms with E-state index in [1.165, 1.54) is 6.26 Å². The zero-order chi connectivity index (χ0) is 8.55. The van der Waals surface area contributed by atoms with Crippen LogP contribution in [-0.4, -0.2) is 6.10 Å². The molecule has 1 aliphatic heterocycles. The fraction of sp³-hybridized carbons (Fsp3) is 0.111. The highest BCUT2D eigenvalue weighted by atomic mass is 16.5. The van der Waals surface area contributed by atoms with Crippen LogP contribution in [0.1, 0.15) is 0 Å². The van der Waals surface area contributed by atoms with Crippen molar-refractivity contribution in [2.24, 2.45) is 0 Å². The Labute approximate surface area is 69.5 Å². The van der Waals surface area contributed by atoms with Crippen molar-refractivity contribution in [1.82, 2.24) is 0 Å². The van der Waals surface area contributed by atoms with Gasteiger partial charge in [0, 0.05) is 5.57 Å². The highest BCUT2D eigenvalue weighted by Crippen LogP contribution is 2.37. The molecule has 1 unspecified atom stereocenters. The lowest BCUT2D eigenvalue weighted by Crippen LogP contribution is -2.29. The molecule has 0 saturated carbocycles. The van der Waals surface area contributed by atoms with Crippen molar-refractivity contribution in [3.63, 3.8) is 0 Å². The molecule has 0 bridgehead atoms. The summed E-state index contributed by atoms with van der Waals surface area (Å²) in [5.41, 5.74) is 1.72. The van der Waals surface area contributed by atoms with E-state index in [0.29, 0.717) is 11.1 Å². The number of hydrogen-bond donors (Lipinski definition) is 0. The fourth-order valence-corrected chi connectivity index (χ4v) is 1.31. The third-order valence-electron chi connectivity index (χ3n) is 1.90. The quantitative estimate of drug-likeness (QED) is 0.529. The Balaban J connectivity index is 2.49. The minimum absolute atomic E-state index is 0.283. The first-order valence-electron chi connectivity index (χ1n) is 3.45. The van der Waals surface area contributed by atoms with Crippen LogP contribution in [0.2, 0.25) is 0 Å². The molecule has 0 aromatic rings. The van der Waals surface area contributed by atoms with E-state index in [-0.39, 0.29) is 6.10 Å². The Bertz CT molecular complexity index is 401. The van der Waals surface area contributed by atoms with E-state index in [1.54, 1.807) is 12.2 Å². The van der Waals surface area contributed by atoms with Crippen molar-refractivity contribution >= 4 is 0 Å². The predicted octanol–water partition coefficient (Wildman–Crippen LogP) is 1.18. The number of nitrogens with zero attached hydrogens (tertiary/aromatic N) is 2. The summed E-state index contributed by atoms with van der Waals surface area (Å²) in [6, 6.07) is 3.94. The standard InChI is InChI=1S/C9H4N2O/c10-4-7-6-2-1-3-12-9(6)8(7)5-11/h1-3,9H. The molecule has 12 heavy (non-hydrogen) atoms. The van der Waals surface area contributed by atoms with Gasteiger partial charge in [0.15, 0.2) is 6.10 Å². The van der Waals surface area contributed by atoms with Crippen LogP contribution in [-0.2, 0) is 4.74 Å². The Kier molecular flexibility index (Phi) is 1.26. The number of rotatable bonds is 0. The molecule has 56 valence electrons. The summed E-state index contributed by atoms with van der Waals surface area (Å²) >= 11 is 0. The fourth-order valence-electron chi connectivity index (χ4n) is 1.31. The van der Waals surface area contributed by atoms with Gasteiger partial charge in [-0.15, -0.1) is 0 Å². The van der Waals surface area contributed by atoms with Crippen molar-refractivity contribution in [3.8, 4) is 12.1 Å². The second-order valence-corrected chi connectivity index (χ2v) is 2.48. The molecule has 2 rings (SSSR count). The van der Waals surface area contributed by atoms with Gasteiger partial charge < -0.3 is 4.74 Å². The molecule has 0 saturated heterocycles.